The van der Waals surface area contributed by atoms with Crippen LogP contribution in [0.15, 0.2) is 48.5 Å². The molecule has 1 amide bonds. The van der Waals surface area contributed by atoms with E-state index >= 15 is 0 Å². The minimum absolute atomic E-state index is 0.0908. The minimum Gasteiger partial charge on any atom is -0.508 e. The molecule has 0 aliphatic heterocycles. The number of carbonyl (C=O) groups is 1. The molecule has 0 aliphatic rings. The van der Waals surface area contributed by atoms with Crippen molar-refractivity contribution in [3.05, 3.63) is 59.7 Å². The molecule has 104 valence electrons. The molecule has 0 unspecified atom stereocenters. The Morgan fingerprint density at radius 1 is 1.05 bits per heavy atom. The predicted molar refractivity (Wildman–Crippen MR) is 67.5 cm³/mol. The molecule has 6 heteroatoms. The lowest BCUT2D eigenvalue weighted by molar-refractivity contribution is -0.137. The normalized spacial score (nSPS) is 11.2. The number of alkyl halides is 3. The van der Waals surface area contributed by atoms with Crippen molar-refractivity contribution in [1.29, 1.82) is 0 Å². The number of phenolic OH excluding ortho intramolecular Hbond substituents is 1. The van der Waals surface area contributed by atoms with Crippen LogP contribution in [0.2, 0.25) is 0 Å². The number of halogens is 3. The van der Waals surface area contributed by atoms with Crippen molar-refractivity contribution in [2.24, 2.45) is 0 Å². The Hall–Kier alpha value is -2.50. The zero-order chi connectivity index (χ0) is 14.8. The summed E-state index contributed by atoms with van der Waals surface area (Å²) in [6, 6.07) is 10.1. The second-order valence-electron chi connectivity index (χ2n) is 4.05. The third-order valence-electron chi connectivity index (χ3n) is 2.58. The highest BCUT2D eigenvalue weighted by molar-refractivity contribution is 6.05. The lowest BCUT2D eigenvalue weighted by Crippen LogP contribution is -2.18. The number of hydrogen-bond donors (Lipinski definition) is 2. The van der Waals surface area contributed by atoms with Crippen molar-refractivity contribution in [3.63, 3.8) is 0 Å². The summed E-state index contributed by atoms with van der Waals surface area (Å²) >= 11 is 0. The Morgan fingerprint density at radius 3 is 2.40 bits per heavy atom. The van der Waals surface area contributed by atoms with Crippen molar-refractivity contribution in [3.8, 4) is 5.75 Å². The fourth-order valence-corrected chi connectivity index (χ4v) is 1.71. The van der Waals surface area contributed by atoms with Crippen LogP contribution in [0, 0.1) is 0 Å². The van der Waals surface area contributed by atoms with E-state index in [9.17, 15) is 23.1 Å². The zero-order valence-electron chi connectivity index (χ0n) is 10.1. The number of hydrogen-bond acceptors (Lipinski definition) is 2. The fourth-order valence-electron chi connectivity index (χ4n) is 1.71. The molecule has 2 N–H and O–H groups in total. The van der Waals surface area contributed by atoms with Crippen molar-refractivity contribution in [2.75, 3.05) is 5.32 Å². The average Bonchev–Trinajstić information content (AvgIpc) is 2.37. The van der Waals surface area contributed by atoms with Crippen LogP contribution >= 0.6 is 0 Å². The van der Waals surface area contributed by atoms with E-state index in [-0.39, 0.29) is 11.4 Å². The lowest BCUT2D eigenvalue weighted by Gasteiger charge is -2.12. The second kappa shape index (κ2) is 5.24. The molecular weight excluding hydrogens is 271 g/mol. The van der Waals surface area contributed by atoms with Gasteiger partial charge in [-0.05, 0) is 24.3 Å². The number of benzene rings is 2. The maximum atomic E-state index is 12.8. The van der Waals surface area contributed by atoms with Gasteiger partial charge in [0.2, 0.25) is 0 Å². The van der Waals surface area contributed by atoms with E-state index in [2.05, 4.69) is 5.32 Å². The summed E-state index contributed by atoms with van der Waals surface area (Å²) in [6.45, 7) is 0. The van der Waals surface area contributed by atoms with Crippen LogP contribution in [-0.4, -0.2) is 11.0 Å². The van der Waals surface area contributed by atoms with E-state index in [1.165, 1.54) is 36.4 Å². The van der Waals surface area contributed by atoms with Crippen LogP contribution in [0.3, 0.4) is 0 Å². The van der Waals surface area contributed by atoms with Gasteiger partial charge in [0.15, 0.2) is 0 Å². The van der Waals surface area contributed by atoms with Gasteiger partial charge in [-0.15, -0.1) is 0 Å². The van der Waals surface area contributed by atoms with Crippen molar-refractivity contribution < 1.29 is 23.1 Å². The van der Waals surface area contributed by atoms with Gasteiger partial charge < -0.3 is 10.4 Å². The molecule has 0 aromatic heterocycles. The smallest absolute Gasteiger partial charge is 0.417 e. The Kier molecular flexibility index (Phi) is 3.65. The molecule has 2 aromatic rings. The topological polar surface area (TPSA) is 49.3 Å². The lowest BCUT2D eigenvalue weighted by atomic mass is 10.1. The van der Waals surface area contributed by atoms with Gasteiger partial charge in [-0.25, -0.2) is 0 Å². The highest BCUT2D eigenvalue weighted by Gasteiger charge is 2.34. The van der Waals surface area contributed by atoms with E-state index in [4.69, 9.17) is 0 Å². The minimum atomic E-state index is -4.60. The molecule has 0 saturated carbocycles. The number of nitrogens with one attached hydrogen (secondary N) is 1. The molecule has 3 nitrogen and oxygen atoms in total. The first-order valence-corrected chi connectivity index (χ1v) is 5.64. The van der Waals surface area contributed by atoms with Crippen molar-refractivity contribution >= 4 is 11.6 Å². The summed E-state index contributed by atoms with van der Waals surface area (Å²) in [6.07, 6.45) is -4.60. The van der Waals surface area contributed by atoms with E-state index in [1.54, 1.807) is 0 Å². The van der Waals surface area contributed by atoms with E-state index < -0.39 is 23.2 Å². The highest BCUT2D eigenvalue weighted by Crippen LogP contribution is 2.32. The Balaban J connectivity index is 2.31. The summed E-state index contributed by atoms with van der Waals surface area (Å²) in [7, 11) is 0. The van der Waals surface area contributed by atoms with Crippen molar-refractivity contribution in [1.82, 2.24) is 0 Å². The van der Waals surface area contributed by atoms with Gasteiger partial charge in [0, 0.05) is 11.8 Å². The first-order valence-electron chi connectivity index (χ1n) is 5.64. The van der Waals surface area contributed by atoms with Gasteiger partial charge in [-0.2, -0.15) is 13.2 Å². The molecule has 0 aliphatic carbocycles. The Morgan fingerprint density at radius 2 is 1.75 bits per heavy atom. The van der Waals surface area contributed by atoms with Gasteiger partial charge in [0.1, 0.15) is 5.75 Å². The third-order valence-corrected chi connectivity index (χ3v) is 2.58. The third kappa shape index (κ3) is 3.09. The van der Waals surface area contributed by atoms with E-state index in [0.717, 1.165) is 12.1 Å². The van der Waals surface area contributed by atoms with Gasteiger partial charge in [0.05, 0.1) is 11.1 Å². The number of amides is 1. The maximum Gasteiger partial charge on any atom is 0.417 e. The molecule has 0 saturated heterocycles. The van der Waals surface area contributed by atoms with E-state index in [0.29, 0.717) is 0 Å². The van der Waals surface area contributed by atoms with Crippen LogP contribution in [0.5, 0.6) is 5.75 Å². The molecule has 0 bridgehead atoms. The van der Waals surface area contributed by atoms with Gasteiger partial charge in [-0.3, -0.25) is 4.79 Å². The molecule has 2 rings (SSSR count). The van der Waals surface area contributed by atoms with Crippen LogP contribution in [0.4, 0.5) is 18.9 Å². The molecule has 0 fully saturated rings. The number of aromatic hydroxyl groups is 1. The van der Waals surface area contributed by atoms with Gasteiger partial charge in [-0.1, -0.05) is 18.2 Å². The number of rotatable bonds is 2. The number of phenols is 1. The number of carbonyl (C=O) groups excluding carboxylic acids is 1. The molecule has 0 atom stereocenters. The van der Waals surface area contributed by atoms with Crippen LogP contribution in [0.25, 0.3) is 0 Å². The summed E-state index contributed by atoms with van der Waals surface area (Å²) in [5.74, 6) is -0.976. The summed E-state index contributed by atoms with van der Waals surface area (Å²) < 4.78 is 38.4. The highest BCUT2D eigenvalue weighted by atomic mass is 19.4. The standard InChI is InChI=1S/C14H10F3NO2/c15-14(16,17)12-7-2-1-6-11(12)13(20)18-9-4-3-5-10(19)8-9/h1-8,19H,(H,18,20). The zero-order valence-corrected chi connectivity index (χ0v) is 10.1. The van der Waals surface area contributed by atoms with Crippen LogP contribution in [-0.2, 0) is 6.18 Å². The molecule has 2 aromatic carbocycles. The fraction of sp³-hybridized carbons (Fsp3) is 0.0714. The van der Waals surface area contributed by atoms with Gasteiger partial charge >= 0.3 is 6.18 Å². The van der Waals surface area contributed by atoms with Crippen molar-refractivity contribution in [2.45, 2.75) is 6.18 Å². The molecule has 0 spiro atoms. The largest absolute Gasteiger partial charge is 0.508 e. The SMILES string of the molecule is O=C(Nc1cccc(O)c1)c1ccccc1C(F)(F)F. The summed E-state index contributed by atoms with van der Waals surface area (Å²) in [5, 5.41) is 11.6. The molecule has 0 heterocycles. The second-order valence-corrected chi connectivity index (χ2v) is 4.05. The quantitative estimate of drug-likeness (QED) is 0.882. The molecular formula is C14H10F3NO2. The molecule has 20 heavy (non-hydrogen) atoms. The summed E-state index contributed by atoms with van der Waals surface area (Å²) in [5.41, 5.74) is -1.26. The summed E-state index contributed by atoms with van der Waals surface area (Å²) in [4.78, 5) is 11.9. The maximum absolute atomic E-state index is 12.8. The molecule has 0 radical (unpaired) electrons. The Bertz CT molecular complexity index is 638. The monoisotopic (exact) mass is 281 g/mol. The van der Waals surface area contributed by atoms with E-state index in [1.807, 2.05) is 0 Å². The first-order chi connectivity index (χ1) is 9.38. The van der Waals surface area contributed by atoms with Crippen LogP contribution in [0.1, 0.15) is 15.9 Å². The number of anilines is 1. The first kappa shape index (κ1) is 13.9. The van der Waals surface area contributed by atoms with Gasteiger partial charge in [0.25, 0.3) is 5.91 Å². The van der Waals surface area contributed by atoms with Crippen LogP contribution < -0.4 is 5.32 Å². The average molecular weight is 281 g/mol. The Labute approximate surface area is 112 Å². The predicted octanol–water partition coefficient (Wildman–Crippen LogP) is 3.66.